The number of hydrogen-bond acceptors (Lipinski definition) is 5. The molecule has 1 fully saturated rings. The molecule has 1 aliphatic carbocycles. The lowest BCUT2D eigenvalue weighted by molar-refractivity contribution is -0.140. The van der Waals surface area contributed by atoms with Crippen molar-refractivity contribution < 1.29 is 18.0 Å². The van der Waals surface area contributed by atoms with Crippen LogP contribution >= 0.6 is 23.4 Å². The molecule has 0 spiro atoms. The maximum Gasteiger partial charge on any atom is 0.264 e. The van der Waals surface area contributed by atoms with Gasteiger partial charge in [0, 0.05) is 22.5 Å². The Labute approximate surface area is 265 Å². The van der Waals surface area contributed by atoms with E-state index in [0.717, 1.165) is 52.4 Å². The molecule has 10 heteroatoms. The molecule has 0 bridgehead atoms. The monoisotopic (exact) mass is 641 g/mol. The molecule has 0 aliphatic heterocycles. The molecule has 1 N–H and O–H groups in total. The van der Waals surface area contributed by atoms with Gasteiger partial charge in [0.15, 0.2) is 0 Å². The summed E-state index contributed by atoms with van der Waals surface area (Å²) in [6.45, 7) is 3.46. The fourth-order valence-electron chi connectivity index (χ4n) is 5.36. The number of anilines is 1. The summed E-state index contributed by atoms with van der Waals surface area (Å²) in [5.41, 5.74) is 2.13. The van der Waals surface area contributed by atoms with Crippen molar-refractivity contribution in [2.45, 2.75) is 80.8 Å². The molecular weight excluding hydrogens is 602 g/mol. The highest BCUT2D eigenvalue weighted by atomic mass is 35.5. The van der Waals surface area contributed by atoms with Crippen molar-refractivity contribution in [3.8, 4) is 0 Å². The van der Waals surface area contributed by atoms with Gasteiger partial charge in [-0.25, -0.2) is 8.42 Å². The summed E-state index contributed by atoms with van der Waals surface area (Å²) >= 11 is 7.63. The van der Waals surface area contributed by atoms with Gasteiger partial charge in [-0.05, 0) is 86.5 Å². The third kappa shape index (κ3) is 8.55. The van der Waals surface area contributed by atoms with Gasteiger partial charge in [-0.3, -0.25) is 13.9 Å². The maximum absolute atomic E-state index is 14.3. The van der Waals surface area contributed by atoms with Crippen LogP contribution in [0.2, 0.25) is 5.02 Å². The van der Waals surface area contributed by atoms with E-state index in [-0.39, 0.29) is 23.4 Å². The van der Waals surface area contributed by atoms with Crippen LogP contribution in [0, 0.1) is 6.92 Å². The smallest absolute Gasteiger partial charge is 0.264 e. The van der Waals surface area contributed by atoms with E-state index >= 15 is 0 Å². The molecule has 0 saturated heterocycles. The van der Waals surface area contributed by atoms with E-state index in [1.165, 1.54) is 16.7 Å². The van der Waals surface area contributed by atoms with Crippen LogP contribution in [-0.4, -0.2) is 50.0 Å². The van der Waals surface area contributed by atoms with Crippen molar-refractivity contribution in [1.29, 1.82) is 0 Å². The zero-order valence-electron chi connectivity index (χ0n) is 25.0. The van der Waals surface area contributed by atoms with Crippen LogP contribution in [0.4, 0.5) is 5.69 Å². The average molecular weight is 642 g/mol. The minimum atomic E-state index is -4.12. The normalized spacial score (nSPS) is 14.6. The quantitative estimate of drug-likeness (QED) is 0.219. The van der Waals surface area contributed by atoms with Gasteiger partial charge >= 0.3 is 0 Å². The number of carbonyl (C=O) groups excluding carboxylic acids is 2. The Morgan fingerprint density at radius 1 is 0.953 bits per heavy atom. The lowest BCUT2D eigenvalue weighted by Crippen LogP contribution is -2.54. The zero-order chi connectivity index (χ0) is 31.0. The minimum Gasteiger partial charge on any atom is -0.352 e. The SMILES string of the molecule is CC[C@H](C(=O)NC1CCCCC1)N(Cc1ccc(Cl)cc1)C(=O)CN(c1ccc(C)cc1)S(=O)(=O)c1ccc(SC)cc1. The number of aryl methyl sites for hydroxylation is 1. The maximum atomic E-state index is 14.3. The number of amides is 2. The molecule has 4 rings (SSSR count). The fraction of sp³-hybridized carbons (Fsp3) is 0.394. The molecule has 3 aromatic rings. The van der Waals surface area contributed by atoms with Crippen LogP contribution in [0.15, 0.2) is 82.6 Å². The van der Waals surface area contributed by atoms with Crippen LogP contribution < -0.4 is 9.62 Å². The third-order valence-electron chi connectivity index (χ3n) is 7.85. The summed E-state index contributed by atoms with van der Waals surface area (Å²) in [6, 6.07) is 20.1. The van der Waals surface area contributed by atoms with Crippen molar-refractivity contribution in [3.63, 3.8) is 0 Å². The van der Waals surface area contributed by atoms with Crippen molar-refractivity contribution in [1.82, 2.24) is 10.2 Å². The van der Waals surface area contributed by atoms with Gasteiger partial charge < -0.3 is 10.2 Å². The van der Waals surface area contributed by atoms with Gasteiger partial charge in [-0.2, -0.15) is 0 Å². The average Bonchev–Trinajstić information content (AvgIpc) is 3.01. The second kappa shape index (κ2) is 15.1. The zero-order valence-corrected chi connectivity index (χ0v) is 27.4. The molecule has 43 heavy (non-hydrogen) atoms. The summed E-state index contributed by atoms with van der Waals surface area (Å²) in [5, 5.41) is 3.73. The first-order valence-corrected chi connectivity index (χ1v) is 17.7. The topological polar surface area (TPSA) is 86.8 Å². The van der Waals surface area contributed by atoms with E-state index in [9.17, 15) is 18.0 Å². The van der Waals surface area contributed by atoms with E-state index in [1.54, 1.807) is 48.5 Å². The summed E-state index contributed by atoms with van der Waals surface area (Å²) in [7, 11) is -4.12. The Hall–Kier alpha value is -3.01. The Morgan fingerprint density at radius 2 is 1.58 bits per heavy atom. The number of halogens is 1. The lowest BCUT2D eigenvalue weighted by atomic mass is 9.95. The van der Waals surface area contributed by atoms with Crippen molar-refractivity contribution in [2.75, 3.05) is 17.1 Å². The Balaban J connectivity index is 1.69. The van der Waals surface area contributed by atoms with Crippen LogP contribution in [0.1, 0.15) is 56.6 Å². The van der Waals surface area contributed by atoms with Crippen LogP contribution in [0.3, 0.4) is 0 Å². The van der Waals surface area contributed by atoms with Crippen LogP contribution in [0.5, 0.6) is 0 Å². The standard InChI is InChI=1S/C33H40ClN3O4S2/c1-4-31(33(39)35-27-8-6-5-7-9-27)36(22-25-12-14-26(34)15-13-25)32(38)23-37(28-16-10-24(2)11-17-28)43(40,41)30-20-18-29(42-3)19-21-30/h10-21,27,31H,4-9,22-23H2,1-3H3,(H,35,39)/t31-/m1/s1. The molecule has 0 radical (unpaired) electrons. The van der Waals surface area contributed by atoms with Gasteiger partial charge in [-0.1, -0.05) is 67.6 Å². The Morgan fingerprint density at radius 3 is 2.16 bits per heavy atom. The molecule has 1 saturated carbocycles. The van der Waals surface area contributed by atoms with Gasteiger partial charge in [0.25, 0.3) is 10.0 Å². The van der Waals surface area contributed by atoms with Gasteiger partial charge in [0.05, 0.1) is 10.6 Å². The molecular formula is C33H40ClN3O4S2. The largest absolute Gasteiger partial charge is 0.352 e. The van der Waals surface area contributed by atoms with Gasteiger partial charge in [0.1, 0.15) is 12.6 Å². The molecule has 1 atom stereocenters. The van der Waals surface area contributed by atoms with Gasteiger partial charge in [-0.15, -0.1) is 11.8 Å². The number of rotatable bonds is 12. The minimum absolute atomic E-state index is 0.0801. The van der Waals surface area contributed by atoms with E-state index < -0.39 is 28.5 Å². The first kappa shape index (κ1) is 32.9. The fourth-order valence-corrected chi connectivity index (χ4v) is 7.31. The number of carbonyl (C=O) groups is 2. The molecule has 7 nitrogen and oxygen atoms in total. The van der Waals surface area contributed by atoms with Gasteiger partial charge in [0.2, 0.25) is 11.8 Å². The lowest BCUT2D eigenvalue weighted by Gasteiger charge is -2.34. The van der Waals surface area contributed by atoms with Crippen LogP contribution in [0.25, 0.3) is 0 Å². The molecule has 0 heterocycles. The van der Waals surface area contributed by atoms with Crippen molar-refractivity contribution in [3.05, 3.63) is 88.9 Å². The highest BCUT2D eigenvalue weighted by molar-refractivity contribution is 7.98. The first-order valence-electron chi connectivity index (χ1n) is 14.7. The molecule has 0 aromatic heterocycles. The second-order valence-corrected chi connectivity index (χ2v) is 14.1. The molecule has 2 amide bonds. The highest BCUT2D eigenvalue weighted by Crippen LogP contribution is 2.27. The van der Waals surface area contributed by atoms with E-state index in [0.29, 0.717) is 17.1 Å². The summed E-state index contributed by atoms with van der Waals surface area (Å²) in [6.07, 6.45) is 7.43. The molecule has 1 aliphatic rings. The van der Waals surface area contributed by atoms with Crippen LogP contribution in [-0.2, 0) is 26.2 Å². The Bertz CT molecular complexity index is 1470. The van der Waals surface area contributed by atoms with E-state index in [2.05, 4.69) is 5.32 Å². The highest BCUT2D eigenvalue weighted by Gasteiger charge is 2.34. The number of nitrogens with one attached hydrogen (secondary N) is 1. The molecule has 0 unspecified atom stereocenters. The number of benzene rings is 3. The molecule has 3 aromatic carbocycles. The predicted molar refractivity (Wildman–Crippen MR) is 175 cm³/mol. The number of sulfonamides is 1. The van der Waals surface area contributed by atoms with E-state index in [1.807, 2.05) is 44.4 Å². The van der Waals surface area contributed by atoms with Crippen molar-refractivity contribution >= 4 is 50.9 Å². The molecule has 230 valence electrons. The van der Waals surface area contributed by atoms with Crippen molar-refractivity contribution in [2.24, 2.45) is 0 Å². The second-order valence-electron chi connectivity index (χ2n) is 10.9. The Kier molecular flexibility index (Phi) is 11.6. The first-order chi connectivity index (χ1) is 20.6. The summed E-state index contributed by atoms with van der Waals surface area (Å²) in [4.78, 5) is 30.4. The van der Waals surface area contributed by atoms with E-state index in [4.69, 9.17) is 11.6 Å². The predicted octanol–water partition coefficient (Wildman–Crippen LogP) is 6.82. The number of hydrogen-bond donors (Lipinski definition) is 1. The number of nitrogens with zero attached hydrogens (tertiary/aromatic N) is 2. The summed E-state index contributed by atoms with van der Waals surface area (Å²) < 4.78 is 29.3. The summed E-state index contributed by atoms with van der Waals surface area (Å²) in [5.74, 6) is -0.681. The third-order valence-corrected chi connectivity index (χ3v) is 10.6. The number of thioether (sulfide) groups is 1.